The predicted molar refractivity (Wildman–Crippen MR) is 254 cm³/mol. The van der Waals surface area contributed by atoms with Gasteiger partial charge in [0.2, 0.25) is 0 Å². The van der Waals surface area contributed by atoms with Crippen LogP contribution in [0.25, 0.3) is 0 Å². The van der Waals surface area contributed by atoms with Crippen LogP contribution in [0.15, 0.2) is 60.8 Å². The Balaban J connectivity index is 4.58. The second-order valence-electron chi connectivity index (χ2n) is 16.7. The molecule has 2 unspecified atom stereocenters. The fourth-order valence-corrected chi connectivity index (χ4v) is 7.46. The number of unbranched alkanes of at least 4 members (excludes halogenated alkanes) is 16. The second kappa shape index (κ2) is 42.2. The zero-order chi connectivity index (χ0) is 47.6. The number of allylic oxidation sites excluding steroid dienone is 8. The van der Waals surface area contributed by atoms with Crippen LogP contribution in [0.4, 0.5) is 0 Å². The van der Waals surface area contributed by atoms with Crippen LogP contribution in [0.3, 0.4) is 0 Å². The minimum Gasteiger partial charge on any atom is -0.462 e. The normalized spacial score (nSPS) is 15.0. The van der Waals surface area contributed by atoms with Crippen molar-refractivity contribution in [2.45, 2.75) is 200 Å². The number of esters is 2. The van der Waals surface area contributed by atoms with Crippen molar-refractivity contribution in [3.8, 4) is 0 Å². The molecule has 0 aromatic rings. The number of rotatable bonds is 44. The van der Waals surface area contributed by atoms with Crippen LogP contribution in [0.2, 0.25) is 0 Å². The summed E-state index contributed by atoms with van der Waals surface area (Å²) >= 11 is 0. The molecule has 0 heterocycles. The first kappa shape index (κ1) is 61.8. The second-order valence-corrected chi connectivity index (χ2v) is 19.4. The SMILES string of the molecule is CC/C=C\C/C=C\CC(O)/C=C/C=C\C/C=C\CCCC(=O)OC[C@H](COP(=O)(O)OC[C@@H](O)COP(=O)(O)O)OC(=O)CCCCCCCCCCCCCCCCCCC(C)C. The number of aliphatic hydroxyl groups excluding tert-OH is 2. The van der Waals surface area contributed by atoms with E-state index in [4.69, 9.17) is 23.8 Å². The van der Waals surface area contributed by atoms with Crippen LogP contribution in [0.5, 0.6) is 0 Å². The number of ether oxygens (including phenoxy) is 2. The van der Waals surface area contributed by atoms with Crippen LogP contribution in [-0.4, -0.2) is 81.6 Å². The summed E-state index contributed by atoms with van der Waals surface area (Å²) < 4.78 is 47.8. The molecular weight excluding hydrogens is 862 g/mol. The van der Waals surface area contributed by atoms with Gasteiger partial charge in [-0.15, -0.1) is 0 Å². The number of carbonyl (C=O) groups is 2. The largest absolute Gasteiger partial charge is 0.472 e. The third-order valence-corrected chi connectivity index (χ3v) is 11.4. The molecule has 0 aromatic carbocycles. The summed E-state index contributed by atoms with van der Waals surface area (Å²) in [7, 11) is -9.72. The lowest BCUT2D eigenvalue weighted by molar-refractivity contribution is -0.161. The maximum absolute atomic E-state index is 12.7. The van der Waals surface area contributed by atoms with E-state index in [1.54, 1.807) is 6.08 Å². The summed E-state index contributed by atoms with van der Waals surface area (Å²) in [4.78, 5) is 52.8. The summed E-state index contributed by atoms with van der Waals surface area (Å²) in [5, 5.41) is 19.8. The van der Waals surface area contributed by atoms with Gasteiger partial charge in [0, 0.05) is 12.8 Å². The van der Waals surface area contributed by atoms with Gasteiger partial charge in [0.1, 0.15) is 12.7 Å². The molecule has 0 aliphatic heterocycles. The van der Waals surface area contributed by atoms with Crippen LogP contribution in [-0.2, 0) is 41.8 Å². The highest BCUT2D eigenvalue weighted by Gasteiger charge is 2.28. The highest BCUT2D eigenvalue weighted by Crippen LogP contribution is 2.43. The minimum absolute atomic E-state index is 0.0840. The molecule has 16 heteroatoms. The number of hydrogen-bond acceptors (Lipinski definition) is 11. The van der Waals surface area contributed by atoms with Crippen LogP contribution in [0.1, 0.15) is 181 Å². The van der Waals surface area contributed by atoms with Gasteiger partial charge >= 0.3 is 27.6 Å². The monoisotopic (exact) mass is 949 g/mol. The Hall–Kier alpha value is -2.22. The van der Waals surface area contributed by atoms with Gasteiger partial charge in [-0.05, 0) is 50.9 Å². The number of aliphatic hydroxyl groups is 2. The third kappa shape index (κ3) is 46.3. The van der Waals surface area contributed by atoms with Crippen molar-refractivity contribution in [3.63, 3.8) is 0 Å². The van der Waals surface area contributed by atoms with E-state index in [0.717, 1.165) is 44.4 Å². The van der Waals surface area contributed by atoms with E-state index < -0.39 is 72.3 Å². The van der Waals surface area contributed by atoms with Crippen LogP contribution in [0, 0.1) is 5.92 Å². The average Bonchev–Trinajstić information content (AvgIpc) is 3.24. The topological polar surface area (TPSA) is 216 Å². The zero-order valence-corrected chi connectivity index (χ0v) is 41.2. The number of phosphoric ester groups is 2. The van der Waals surface area contributed by atoms with Gasteiger partial charge in [0.05, 0.1) is 25.9 Å². The van der Waals surface area contributed by atoms with Crippen molar-refractivity contribution in [1.82, 2.24) is 0 Å². The maximum atomic E-state index is 12.7. The molecule has 0 saturated heterocycles. The summed E-state index contributed by atoms with van der Waals surface area (Å²) in [6.45, 7) is 3.85. The lowest BCUT2D eigenvalue weighted by Crippen LogP contribution is -2.30. The van der Waals surface area contributed by atoms with Gasteiger partial charge in [-0.1, -0.05) is 184 Å². The van der Waals surface area contributed by atoms with Gasteiger partial charge in [-0.3, -0.25) is 23.2 Å². The first-order valence-electron chi connectivity index (χ1n) is 23.9. The van der Waals surface area contributed by atoms with Crippen molar-refractivity contribution < 1.29 is 66.7 Å². The molecule has 0 aliphatic carbocycles. The average molecular weight is 949 g/mol. The Labute approximate surface area is 385 Å². The molecule has 0 radical (unpaired) electrons. The summed E-state index contributed by atoms with van der Waals surface area (Å²) in [5.41, 5.74) is 0. The summed E-state index contributed by atoms with van der Waals surface area (Å²) in [6, 6.07) is 0. The minimum atomic E-state index is -4.88. The molecule has 0 saturated carbocycles. The van der Waals surface area contributed by atoms with Crippen molar-refractivity contribution in [2.24, 2.45) is 5.92 Å². The van der Waals surface area contributed by atoms with Gasteiger partial charge in [-0.25, -0.2) is 9.13 Å². The molecule has 0 aromatic heterocycles. The molecule has 14 nitrogen and oxygen atoms in total. The maximum Gasteiger partial charge on any atom is 0.472 e. The van der Waals surface area contributed by atoms with Gasteiger partial charge in [0.15, 0.2) is 6.10 Å². The van der Waals surface area contributed by atoms with E-state index in [2.05, 4.69) is 42.0 Å². The molecule has 0 spiro atoms. The predicted octanol–water partition coefficient (Wildman–Crippen LogP) is 11.6. The Bertz CT molecular complexity index is 1390. The van der Waals surface area contributed by atoms with Crippen molar-refractivity contribution in [2.75, 3.05) is 26.4 Å². The third-order valence-electron chi connectivity index (χ3n) is 9.92. The van der Waals surface area contributed by atoms with Crippen molar-refractivity contribution in [3.05, 3.63) is 60.8 Å². The molecule has 5 N–H and O–H groups in total. The molecule has 0 rings (SSSR count). The van der Waals surface area contributed by atoms with E-state index in [0.29, 0.717) is 32.1 Å². The van der Waals surface area contributed by atoms with Crippen molar-refractivity contribution >= 4 is 27.6 Å². The lowest BCUT2D eigenvalue weighted by atomic mass is 10.0. The molecule has 4 atom stereocenters. The number of phosphoric acid groups is 2. The zero-order valence-electron chi connectivity index (χ0n) is 39.4. The van der Waals surface area contributed by atoms with Gasteiger partial charge in [-0.2, -0.15) is 0 Å². The van der Waals surface area contributed by atoms with Crippen molar-refractivity contribution in [1.29, 1.82) is 0 Å². The molecule has 64 heavy (non-hydrogen) atoms. The van der Waals surface area contributed by atoms with E-state index in [9.17, 15) is 33.8 Å². The Morgan fingerprint density at radius 2 is 1.08 bits per heavy atom. The lowest BCUT2D eigenvalue weighted by Gasteiger charge is -2.20. The van der Waals surface area contributed by atoms with Crippen LogP contribution < -0.4 is 0 Å². The fourth-order valence-electron chi connectivity index (χ4n) is 6.30. The molecule has 0 bridgehead atoms. The number of carbonyl (C=O) groups excluding carboxylic acids is 2. The molecule has 0 fully saturated rings. The van der Waals surface area contributed by atoms with Crippen LogP contribution >= 0.6 is 15.6 Å². The summed E-state index contributed by atoms with van der Waals surface area (Å²) in [6.07, 6.45) is 41.1. The highest BCUT2D eigenvalue weighted by atomic mass is 31.2. The van der Waals surface area contributed by atoms with E-state index in [1.165, 1.54) is 77.0 Å². The standard InChI is InChI=1S/C48H86O14P2/c1-4-5-6-7-25-30-35-44(49)36-31-26-21-18-19-22-27-32-37-47(51)58-41-46(42-61-64(56,57)60-40-45(50)39-59-63(53,54)55)62-48(52)38-33-28-23-17-15-13-11-9-8-10-12-14-16-20-24-29-34-43(2)3/h5-6,19,21-22,25-26,30-31,36,43-46,49-50H,4,7-18,20,23-24,27-29,32-35,37-42H2,1-3H3,(H,56,57)(H2,53,54,55)/b6-5-,22-19-,26-21-,30-25-,36-31+/t44?,45-,46+/m0/s1. The first-order valence-corrected chi connectivity index (χ1v) is 27.0. The fraction of sp³-hybridized carbons (Fsp3) is 0.750. The van der Waals surface area contributed by atoms with E-state index in [-0.39, 0.29) is 12.8 Å². The Morgan fingerprint density at radius 3 is 1.67 bits per heavy atom. The summed E-state index contributed by atoms with van der Waals surface area (Å²) in [5.74, 6) is -0.321. The highest BCUT2D eigenvalue weighted by molar-refractivity contribution is 7.47. The Morgan fingerprint density at radius 1 is 0.562 bits per heavy atom. The van der Waals surface area contributed by atoms with E-state index >= 15 is 0 Å². The number of hydrogen-bond donors (Lipinski definition) is 5. The molecule has 372 valence electrons. The first-order chi connectivity index (χ1) is 30.6. The Kier molecular flexibility index (Phi) is 40.7. The molecular formula is C48H86O14P2. The smallest absolute Gasteiger partial charge is 0.462 e. The van der Waals surface area contributed by atoms with E-state index in [1.807, 2.05) is 42.5 Å². The molecule has 0 amide bonds. The molecule has 0 aliphatic rings. The van der Waals surface area contributed by atoms with Gasteiger partial charge in [0.25, 0.3) is 0 Å². The van der Waals surface area contributed by atoms with Gasteiger partial charge < -0.3 is 34.4 Å². The quantitative estimate of drug-likeness (QED) is 0.0126.